The van der Waals surface area contributed by atoms with Crippen LogP contribution in [0.4, 0.5) is 0 Å². The van der Waals surface area contributed by atoms with E-state index in [0.29, 0.717) is 30.1 Å². The molecular formula is C19H38N2O5Si2. The Morgan fingerprint density at radius 3 is 1.68 bits per heavy atom. The van der Waals surface area contributed by atoms with Crippen molar-refractivity contribution in [2.45, 2.75) is 62.7 Å². The third-order valence-electron chi connectivity index (χ3n) is 5.91. The van der Waals surface area contributed by atoms with Crippen LogP contribution in [0.25, 0.3) is 0 Å². The van der Waals surface area contributed by atoms with Crippen molar-refractivity contribution in [3.8, 4) is 0 Å². The first-order chi connectivity index (χ1) is 13.4. The molecular weight excluding hydrogens is 392 g/mol. The van der Waals surface area contributed by atoms with Gasteiger partial charge in [0.25, 0.3) is 0 Å². The summed E-state index contributed by atoms with van der Waals surface area (Å²) in [5, 5.41) is 0. The van der Waals surface area contributed by atoms with Crippen LogP contribution >= 0.6 is 0 Å². The predicted molar refractivity (Wildman–Crippen MR) is 113 cm³/mol. The molecule has 0 saturated carbocycles. The van der Waals surface area contributed by atoms with Gasteiger partial charge in [0.1, 0.15) is 0 Å². The third-order valence-corrected chi connectivity index (χ3v) is 12.5. The van der Waals surface area contributed by atoms with E-state index in [9.17, 15) is 0 Å². The van der Waals surface area contributed by atoms with E-state index < -0.39 is 17.4 Å². The molecule has 5 unspecified atom stereocenters. The van der Waals surface area contributed by atoms with Crippen LogP contribution in [0.2, 0.25) is 26.2 Å². The monoisotopic (exact) mass is 430 g/mol. The fourth-order valence-electron chi connectivity index (χ4n) is 4.34. The molecule has 162 valence electrons. The second kappa shape index (κ2) is 9.11. The molecule has 4 aliphatic heterocycles. The van der Waals surface area contributed by atoms with Crippen LogP contribution in [0.15, 0.2) is 0 Å². The average molecular weight is 431 g/mol. The Bertz CT molecular complexity index is 483. The molecule has 4 rings (SSSR count). The van der Waals surface area contributed by atoms with Crippen molar-refractivity contribution >= 4 is 17.4 Å². The molecule has 7 nitrogen and oxygen atoms in total. The molecule has 0 aliphatic carbocycles. The summed E-state index contributed by atoms with van der Waals surface area (Å²) < 4.78 is 28.9. The number of hydrogen-bond acceptors (Lipinski definition) is 7. The molecule has 0 bridgehead atoms. The van der Waals surface area contributed by atoms with Crippen LogP contribution in [0.1, 0.15) is 6.42 Å². The molecule has 0 N–H and O–H groups in total. The number of hydrogen-bond donors (Lipinski definition) is 0. The van der Waals surface area contributed by atoms with Crippen molar-refractivity contribution in [3.05, 3.63) is 0 Å². The van der Waals surface area contributed by atoms with Crippen molar-refractivity contribution < 1.29 is 23.1 Å². The van der Waals surface area contributed by atoms with Crippen molar-refractivity contribution in [1.82, 2.24) is 9.80 Å². The highest BCUT2D eigenvalue weighted by molar-refractivity contribution is 6.79. The van der Waals surface area contributed by atoms with E-state index in [0.717, 1.165) is 65.6 Å². The maximum atomic E-state index is 6.69. The van der Waals surface area contributed by atoms with Gasteiger partial charge in [-0.25, -0.2) is 0 Å². The molecule has 4 aliphatic rings. The summed E-state index contributed by atoms with van der Waals surface area (Å²) in [6.07, 6.45) is 2.80. The number of ether oxygens (including phenoxy) is 4. The molecule has 0 aromatic heterocycles. The average Bonchev–Trinajstić information content (AvgIpc) is 3.36. The molecule has 5 atom stereocenters. The van der Waals surface area contributed by atoms with E-state index in [-0.39, 0.29) is 0 Å². The molecule has 28 heavy (non-hydrogen) atoms. The Hall–Kier alpha value is 0.154. The standard InChI is InChI=1S/C19H38N2O5Si2/c1-27(2)26-28(3,4)19(21(9-17-13-24-17)10-18-14-25-18)5-6-20(7-15-11-22-15)8-16-12-23-16/h15-19,27H,5-14H2,1-4H3. The summed E-state index contributed by atoms with van der Waals surface area (Å²) >= 11 is 0. The lowest BCUT2D eigenvalue weighted by molar-refractivity contribution is 0.159. The SMILES string of the molecule is C[SiH](C)O[Si](C)(C)C(CCN(CC1CO1)CC1CO1)N(CC1CO1)CC1CO1. The van der Waals surface area contributed by atoms with Gasteiger partial charge in [-0.1, -0.05) is 0 Å². The summed E-state index contributed by atoms with van der Waals surface area (Å²) in [6, 6.07) is 0. The number of nitrogens with zero attached hydrogens (tertiary/aromatic N) is 2. The van der Waals surface area contributed by atoms with E-state index in [2.05, 4.69) is 36.0 Å². The van der Waals surface area contributed by atoms with Gasteiger partial charge in [-0.3, -0.25) is 9.80 Å². The minimum Gasteiger partial charge on any atom is -0.457 e. The van der Waals surface area contributed by atoms with Crippen molar-refractivity contribution in [3.63, 3.8) is 0 Å². The lowest BCUT2D eigenvalue weighted by Gasteiger charge is -2.42. The van der Waals surface area contributed by atoms with Gasteiger partial charge in [0.05, 0.1) is 50.8 Å². The first-order valence-electron chi connectivity index (χ1n) is 11.0. The topological polar surface area (TPSA) is 65.8 Å². The van der Waals surface area contributed by atoms with Gasteiger partial charge in [0.2, 0.25) is 0 Å². The summed E-state index contributed by atoms with van der Waals surface area (Å²) in [5.74, 6) is 0. The molecule has 9 heteroatoms. The van der Waals surface area contributed by atoms with Crippen LogP contribution in [0.5, 0.6) is 0 Å². The molecule has 4 heterocycles. The van der Waals surface area contributed by atoms with Crippen molar-refractivity contribution in [1.29, 1.82) is 0 Å². The quantitative estimate of drug-likeness (QED) is 0.280. The van der Waals surface area contributed by atoms with E-state index >= 15 is 0 Å². The van der Waals surface area contributed by atoms with E-state index in [4.69, 9.17) is 23.1 Å². The zero-order chi connectivity index (χ0) is 19.7. The minimum atomic E-state index is -1.87. The predicted octanol–water partition coefficient (Wildman–Crippen LogP) is 0.689. The van der Waals surface area contributed by atoms with Crippen LogP contribution < -0.4 is 0 Å². The van der Waals surface area contributed by atoms with Crippen molar-refractivity contribution in [2.75, 3.05) is 59.2 Å². The largest absolute Gasteiger partial charge is 0.457 e. The van der Waals surface area contributed by atoms with Crippen LogP contribution in [-0.4, -0.2) is 116 Å². The zero-order valence-corrected chi connectivity index (χ0v) is 20.1. The summed E-state index contributed by atoms with van der Waals surface area (Å²) in [7, 11) is -2.96. The highest BCUT2D eigenvalue weighted by Gasteiger charge is 2.43. The summed E-state index contributed by atoms with van der Waals surface area (Å²) in [6.45, 7) is 18.2. The highest BCUT2D eigenvalue weighted by Crippen LogP contribution is 2.27. The van der Waals surface area contributed by atoms with Crippen LogP contribution in [0, 0.1) is 0 Å². The maximum absolute atomic E-state index is 6.69. The number of rotatable bonds is 15. The second-order valence-electron chi connectivity index (χ2n) is 9.61. The fourth-order valence-corrected chi connectivity index (χ4v) is 11.7. The van der Waals surface area contributed by atoms with Gasteiger partial charge < -0.3 is 23.1 Å². The van der Waals surface area contributed by atoms with E-state index in [1.807, 2.05) is 0 Å². The Kier molecular flexibility index (Phi) is 6.96. The number of epoxide rings is 4. The van der Waals surface area contributed by atoms with Gasteiger partial charge >= 0.3 is 0 Å². The van der Waals surface area contributed by atoms with Gasteiger partial charge in [-0.15, -0.1) is 0 Å². The third kappa shape index (κ3) is 7.14. The molecule has 4 saturated heterocycles. The molecule has 4 fully saturated rings. The minimum absolute atomic E-state index is 0.401. The Balaban J connectivity index is 1.41. The first-order valence-corrected chi connectivity index (χ1v) is 16.8. The fraction of sp³-hybridized carbons (Fsp3) is 1.00. The van der Waals surface area contributed by atoms with Crippen LogP contribution in [-0.2, 0) is 23.1 Å². The Morgan fingerprint density at radius 2 is 1.29 bits per heavy atom. The van der Waals surface area contributed by atoms with Gasteiger partial charge in [-0.2, -0.15) is 0 Å². The van der Waals surface area contributed by atoms with Crippen molar-refractivity contribution in [2.24, 2.45) is 0 Å². The normalized spacial score (nSPS) is 32.2. The van der Waals surface area contributed by atoms with E-state index in [1.165, 1.54) is 0 Å². The maximum Gasteiger partial charge on any atom is 0.190 e. The molecule has 0 spiro atoms. The summed E-state index contributed by atoms with van der Waals surface area (Å²) in [4.78, 5) is 5.21. The van der Waals surface area contributed by atoms with Gasteiger partial charge in [0.15, 0.2) is 17.4 Å². The lowest BCUT2D eigenvalue weighted by atomic mass is 10.2. The molecule has 0 aromatic rings. The van der Waals surface area contributed by atoms with E-state index in [1.54, 1.807) is 0 Å². The summed E-state index contributed by atoms with van der Waals surface area (Å²) in [5.41, 5.74) is 0.485. The highest BCUT2D eigenvalue weighted by atomic mass is 28.4. The first kappa shape index (κ1) is 21.4. The lowest BCUT2D eigenvalue weighted by Crippen LogP contribution is -2.59. The smallest absolute Gasteiger partial charge is 0.190 e. The Morgan fingerprint density at radius 1 is 0.857 bits per heavy atom. The molecule has 0 radical (unpaired) electrons. The van der Waals surface area contributed by atoms with Gasteiger partial charge in [0, 0.05) is 31.8 Å². The van der Waals surface area contributed by atoms with Gasteiger partial charge in [-0.05, 0) is 39.2 Å². The Labute approximate surface area is 172 Å². The zero-order valence-electron chi connectivity index (χ0n) is 18.0. The molecule has 0 amide bonds. The van der Waals surface area contributed by atoms with Crippen LogP contribution in [0.3, 0.4) is 0 Å². The molecule has 0 aromatic carbocycles. The second-order valence-corrected chi connectivity index (χ2v) is 16.5.